The van der Waals surface area contributed by atoms with Gasteiger partial charge in [-0.2, -0.15) is 0 Å². The molecule has 0 fully saturated rings. The van der Waals surface area contributed by atoms with Crippen LogP contribution in [0.3, 0.4) is 0 Å². The molecule has 0 saturated heterocycles. The van der Waals surface area contributed by atoms with Gasteiger partial charge in [-0.25, -0.2) is 8.78 Å². The second kappa shape index (κ2) is 6.45. The average molecular weight is 285 g/mol. The van der Waals surface area contributed by atoms with Crippen LogP contribution in [0.4, 0.5) is 8.78 Å². The number of hydrogen-bond donors (Lipinski definition) is 1. The van der Waals surface area contributed by atoms with Crippen molar-refractivity contribution in [1.29, 1.82) is 0 Å². The van der Waals surface area contributed by atoms with Crippen LogP contribution in [0.1, 0.15) is 32.3 Å². The number of halogens is 2. The third kappa shape index (κ3) is 3.53. The van der Waals surface area contributed by atoms with E-state index in [1.807, 2.05) is 0 Å². The lowest BCUT2D eigenvalue weighted by molar-refractivity contribution is -0.146. The summed E-state index contributed by atoms with van der Waals surface area (Å²) in [6, 6.07) is 2.97. The molecule has 0 radical (unpaired) electrons. The van der Waals surface area contributed by atoms with E-state index in [-0.39, 0.29) is 11.6 Å². The lowest BCUT2D eigenvalue weighted by Gasteiger charge is -2.28. The van der Waals surface area contributed by atoms with Crippen LogP contribution in [0.2, 0.25) is 0 Å². The van der Waals surface area contributed by atoms with Crippen molar-refractivity contribution in [2.75, 3.05) is 6.54 Å². The second-order valence-electron chi connectivity index (χ2n) is 4.81. The van der Waals surface area contributed by atoms with Gasteiger partial charge in [0.05, 0.1) is 5.92 Å². The number of benzene rings is 1. The lowest BCUT2D eigenvalue weighted by Crippen LogP contribution is -2.43. The third-order valence-electron chi connectivity index (χ3n) is 3.02. The van der Waals surface area contributed by atoms with E-state index in [4.69, 9.17) is 5.11 Å². The number of amides is 1. The summed E-state index contributed by atoms with van der Waals surface area (Å²) >= 11 is 0. The van der Waals surface area contributed by atoms with Crippen molar-refractivity contribution in [1.82, 2.24) is 4.90 Å². The first-order chi connectivity index (χ1) is 9.25. The van der Waals surface area contributed by atoms with Crippen LogP contribution < -0.4 is 0 Å². The van der Waals surface area contributed by atoms with Gasteiger partial charge in [-0.1, -0.05) is 6.07 Å². The molecule has 1 aromatic carbocycles. The minimum atomic E-state index is -1.17. The predicted molar refractivity (Wildman–Crippen MR) is 69.3 cm³/mol. The number of aliphatic carboxylic acids is 1. The normalized spacial score (nSPS) is 12.3. The smallest absolute Gasteiger partial charge is 0.323 e. The first-order valence-electron chi connectivity index (χ1n) is 6.21. The minimum Gasteiger partial charge on any atom is -0.480 e. The van der Waals surface area contributed by atoms with Crippen LogP contribution in [0.15, 0.2) is 18.2 Å². The monoisotopic (exact) mass is 285 g/mol. The molecular weight excluding hydrogens is 268 g/mol. The molecule has 1 amide bonds. The zero-order valence-corrected chi connectivity index (χ0v) is 11.6. The fraction of sp³-hybridized carbons (Fsp3) is 0.429. The molecule has 0 heterocycles. The summed E-state index contributed by atoms with van der Waals surface area (Å²) in [6.07, 6.45) is 0. The topological polar surface area (TPSA) is 57.6 Å². The van der Waals surface area contributed by atoms with Crippen molar-refractivity contribution in [2.45, 2.75) is 32.7 Å². The molecule has 0 aliphatic heterocycles. The van der Waals surface area contributed by atoms with Crippen LogP contribution in [-0.4, -0.2) is 34.5 Å². The standard InChI is InChI=1S/C14H17F2NO3/c1-8(2)17(7-12(18)19)14(20)9(3)13-10(15)5-4-6-11(13)16/h4-6,8-9H,7H2,1-3H3,(H,18,19). The van der Waals surface area contributed by atoms with Gasteiger partial charge in [0.25, 0.3) is 0 Å². The number of nitrogens with zero attached hydrogens (tertiary/aromatic N) is 1. The highest BCUT2D eigenvalue weighted by molar-refractivity contribution is 5.86. The Bertz CT molecular complexity index is 497. The van der Waals surface area contributed by atoms with Crippen LogP contribution in [0.25, 0.3) is 0 Å². The molecule has 0 bridgehead atoms. The van der Waals surface area contributed by atoms with E-state index in [2.05, 4.69) is 0 Å². The van der Waals surface area contributed by atoms with Gasteiger partial charge in [0.1, 0.15) is 18.2 Å². The molecule has 1 atom stereocenters. The van der Waals surface area contributed by atoms with Crippen LogP contribution >= 0.6 is 0 Å². The van der Waals surface area contributed by atoms with Crippen molar-refractivity contribution in [3.05, 3.63) is 35.4 Å². The summed E-state index contributed by atoms with van der Waals surface area (Å²) < 4.78 is 27.3. The highest BCUT2D eigenvalue weighted by Gasteiger charge is 2.29. The molecule has 0 saturated carbocycles. The van der Waals surface area contributed by atoms with Crippen LogP contribution in [-0.2, 0) is 9.59 Å². The summed E-state index contributed by atoms with van der Waals surface area (Å²) in [7, 11) is 0. The molecule has 6 heteroatoms. The van der Waals surface area contributed by atoms with Crippen molar-refractivity contribution >= 4 is 11.9 Å². The maximum Gasteiger partial charge on any atom is 0.323 e. The Kier molecular flexibility index (Phi) is 5.19. The Morgan fingerprint density at radius 1 is 1.20 bits per heavy atom. The molecule has 1 unspecified atom stereocenters. The Morgan fingerprint density at radius 2 is 1.70 bits per heavy atom. The van der Waals surface area contributed by atoms with E-state index in [0.29, 0.717) is 0 Å². The number of rotatable bonds is 5. The van der Waals surface area contributed by atoms with Gasteiger partial charge in [0.15, 0.2) is 0 Å². The van der Waals surface area contributed by atoms with Gasteiger partial charge < -0.3 is 10.0 Å². The van der Waals surface area contributed by atoms with Gasteiger partial charge in [-0.15, -0.1) is 0 Å². The van der Waals surface area contributed by atoms with Crippen LogP contribution in [0, 0.1) is 11.6 Å². The quantitative estimate of drug-likeness (QED) is 0.903. The van der Waals surface area contributed by atoms with E-state index in [1.54, 1.807) is 13.8 Å². The predicted octanol–water partition coefficient (Wildman–Crippen LogP) is 2.39. The molecule has 0 spiro atoms. The molecule has 110 valence electrons. The minimum absolute atomic E-state index is 0.339. The first kappa shape index (κ1) is 16.1. The second-order valence-corrected chi connectivity index (χ2v) is 4.81. The maximum absolute atomic E-state index is 13.7. The van der Waals surface area contributed by atoms with E-state index in [9.17, 15) is 18.4 Å². The Hall–Kier alpha value is -1.98. The number of carboxylic acids is 1. The summed E-state index contributed by atoms with van der Waals surface area (Å²) in [6.45, 7) is 4.15. The molecule has 1 aromatic rings. The van der Waals surface area contributed by atoms with E-state index in [1.165, 1.54) is 13.0 Å². The van der Waals surface area contributed by atoms with E-state index in [0.717, 1.165) is 17.0 Å². The van der Waals surface area contributed by atoms with Gasteiger partial charge in [0, 0.05) is 11.6 Å². The van der Waals surface area contributed by atoms with Gasteiger partial charge in [-0.05, 0) is 32.9 Å². The number of hydrogen-bond acceptors (Lipinski definition) is 2. The SMILES string of the molecule is CC(C(=O)N(CC(=O)O)C(C)C)c1c(F)cccc1F. The number of carbonyl (C=O) groups is 2. The Morgan fingerprint density at radius 3 is 2.10 bits per heavy atom. The molecule has 0 aliphatic carbocycles. The largest absolute Gasteiger partial charge is 0.480 e. The Balaban J connectivity index is 3.08. The number of carbonyl (C=O) groups excluding carboxylic acids is 1. The van der Waals surface area contributed by atoms with Gasteiger partial charge >= 0.3 is 5.97 Å². The highest BCUT2D eigenvalue weighted by atomic mass is 19.1. The Labute approximate surface area is 116 Å². The molecular formula is C14H17F2NO3. The fourth-order valence-corrected chi connectivity index (χ4v) is 1.96. The van der Waals surface area contributed by atoms with Crippen molar-refractivity contribution in [3.8, 4) is 0 Å². The molecule has 1 rings (SSSR count). The van der Waals surface area contributed by atoms with Crippen molar-refractivity contribution in [3.63, 3.8) is 0 Å². The highest BCUT2D eigenvalue weighted by Crippen LogP contribution is 2.24. The van der Waals surface area contributed by atoms with E-state index >= 15 is 0 Å². The summed E-state index contributed by atoms with van der Waals surface area (Å²) in [4.78, 5) is 24.1. The van der Waals surface area contributed by atoms with E-state index < -0.39 is 36.0 Å². The van der Waals surface area contributed by atoms with Crippen molar-refractivity contribution in [2.24, 2.45) is 0 Å². The third-order valence-corrected chi connectivity index (χ3v) is 3.02. The lowest BCUT2D eigenvalue weighted by atomic mass is 9.97. The number of carboxylic acid groups (broad SMARTS) is 1. The zero-order valence-electron chi connectivity index (χ0n) is 11.6. The van der Waals surface area contributed by atoms with Gasteiger partial charge in [0.2, 0.25) is 5.91 Å². The molecule has 20 heavy (non-hydrogen) atoms. The van der Waals surface area contributed by atoms with Crippen molar-refractivity contribution < 1.29 is 23.5 Å². The molecule has 0 aliphatic rings. The summed E-state index contributed by atoms with van der Waals surface area (Å²) in [5, 5.41) is 8.80. The van der Waals surface area contributed by atoms with Crippen LogP contribution in [0.5, 0.6) is 0 Å². The maximum atomic E-state index is 13.7. The first-order valence-corrected chi connectivity index (χ1v) is 6.21. The van der Waals surface area contributed by atoms with Gasteiger partial charge in [-0.3, -0.25) is 9.59 Å². The zero-order chi connectivity index (χ0) is 15.4. The molecule has 4 nitrogen and oxygen atoms in total. The average Bonchev–Trinajstić information content (AvgIpc) is 2.34. The fourth-order valence-electron chi connectivity index (χ4n) is 1.96. The summed E-state index contributed by atoms with van der Waals surface area (Å²) in [5.74, 6) is -4.51. The molecule has 0 aromatic heterocycles. The summed E-state index contributed by atoms with van der Waals surface area (Å²) in [5.41, 5.74) is -0.339. The molecule has 1 N–H and O–H groups in total.